The van der Waals surface area contributed by atoms with Crippen molar-refractivity contribution in [1.29, 1.82) is 0 Å². The predicted octanol–water partition coefficient (Wildman–Crippen LogP) is 5.04. The number of anilines is 1. The first-order valence-electron chi connectivity index (χ1n) is 7.67. The van der Waals surface area contributed by atoms with E-state index in [2.05, 4.69) is 21.0 Å². The van der Waals surface area contributed by atoms with E-state index in [0.29, 0.717) is 17.1 Å². The summed E-state index contributed by atoms with van der Waals surface area (Å²) in [7, 11) is 0. The number of fused-ring (bicyclic) bond motifs is 1. The van der Waals surface area contributed by atoms with Gasteiger partial charge in [-0.3, -0.25) is 4.79 Å². The molecule has 0 unspecified atom stereocenters. The van der Waals surface area contributed by atoms with E-state index in [-0.39, 0.29) is 5.91 Å². The normalized spacial score (nSPS) is 13.6. The summed E-state index contributed by atoms with van der Waals surface area (Å²) < 4.78 is 2.66. The molecule has 1 amide bonds. The molecule has 0 radical (unpaired) electrons. The Balaban J connectivity index is 1.63. The van der Waals surface area contributed by atoms with Crippen LogP contribution in [0.15, 0.2) is 64.2 Å². The van der Waals surface area contributed by atoms with E-state index >= 15 is 0 Å². The Bertz CT molecular complexity index is 942. The van der Waals surface area contributed by atoms with E-state index in [0.717, 1.165) is 26.5 Å². The second kappa shape index (κ2) is 6.86. The van der Waals surface area contributed by atoms with Gasteiger partial charge in [-0.1, -0.05) is 11.6 Å². The summed E-state index contributed by atoms with van der Waals surface area (Å²) in [6, 6.07) is 13.1. The molecule has 0 fully saturated rings. The van der Waals surface area contributed by atoms with E-state index in [4.69, 9.17) is 11.6 Å². The number of nitrogens with zero attached hydrogens (tertiary/aromatic N) is 3. The van der Waals surface area contributed by atoms with E-state index in [1.165, 1.54) is 0 Å². The predicted molar refractivity (Wildman–Crippen MR) is 105 cm³/mol. The fraction of sp³-hybridized carbons (Fsp3) is 0.111. The quantitative estimate of drug-likeness (QED) is 0.567. The molecule has 4 rings (SSSR count). The van der Waals surface area contributed by atoms with Crippen LogP contribution in [0.5, 0.6) is 0 Å². The maximum Gasteiger partial charge on any atom is 0.258 e. The molecular formula is C18H13BrClN3OS. The largest absolute Gasteiger partial charge is 0.306 e. The van der Waals surface area contributed by atoms with Crippen molar-refractivity contribution < 1.29 is 4.79 Å². The van der Waals surface area contributed by atoms with Crippen molar-refractivity contribution in [2.24, 2.45) is 0 Å². The molecule has 2 heterocycles. The molecule has 7 heteroatoms. The highest BCUT2D eigenvalue weighted by atomic mass is 79.9. The molecule has 1 aliphatic heterocycles. The summed E-state index contributed by atoms with van der Waals surface area (Å²) in [6.07, 6.45) is 3.60. The molecule has 0 aliphatic carbocycles. The summed E-state index contributed by atoms with van der Waals surface area (Å²) in [5, 5.41) is 4.88. The van der Waals surface area contributed by atoms with Crippen LogP contribution in [0.4, 0.5) is 5.69 Å². The molecule has 0 spiro atoms. The lowest BCUT2D eigenvalue weighted by Crippen LogP contribution is -2.35. The van der Waals surface area contributed by atoms with Gasteiger partial charge in [-0.2, -0.15) is 5.10 Å². The first kappa shape index (κ1) is 16.7. The zero-order valence-electron chi connectivity index (χ0n) is 13.0. The highest BCUT2D eigenvalue weighted by molar-refractivity contribution is 9.10. The SMILES string of the molecule is O=C(c1ccc(-n2cc(Br)cn2)cc1)N1CCSc2ccc(Cl)cc21. The minimum Gasteiger partial charge on any atom is -0.306 e. The van der Waals surface area contributed by atoms with Crippen LogP contribution in [0.3, 0.4) is 0 Å². The Hall–Kier alpha value is -1.76. The fourth-order valence-electron chi connectivity index (χ4n) is 2.76. The van der Waals surface area contributed by atoms with Crippen molar-refractivity contribution in [2.45, 2.75) is 4.90 Å². The smallest absolute Gasteiger partial charge is 0.258 e. The molecule has 25 heavy (non-hydrogen) atoms. The Kier molecular flexibility index (Phi) is 4.58. The van der Waals surface area contributed by atoms with E-state index in [1.807, 2.05) is 48.7 Å². The second-order valence-corrected chi connectivity index (χ2v) is 8.06. The summed E-state index contributed by atoms with van der Waals surface area (Å²) in [6.45, 7) is 0.671. The van der Waals surface area contributed by atoms with Gasteiger partial charge in [0.1, 0.15) is 0 Å². The number of rotatable bonds is 2. The van der Waals surface area contributed by atoms with Gasteiger partial charge in [0.05, 0.1) is 22.0 Å². The maximum absolute atomic E-state index is 13.0. The number of carbonyl (C=O) groups is 1. The number of carbonyl (C=O) groups excluding carboxylic acids is 1. The number of thioether (sulfide) groups is 1. The molecule has 0 bridgehead atoms. The fourth-order valence-corrected chi connectivity index (χ4v) is 4.18. The topological polar surface area (TPSA) is 38.1 Å². The first-order valence-corrected chi connectivity index (χ1v) is 9.82. The minimum absolute atomic E-state index is 0.0167. The highest BCUT2D eigenvalue weighted by Gasteiger charge is 2.24. The zero-order chi connectivity index (χ0) is 17.4. The van der Waals surface area contributed by atoms with Gasteiger partial charge in [0.15, 0.2) is 0 Å². The average molecular weight is 435 g/mol. The molecule has 0 atom stereocenters. The maximum atomic E-state index is 13.0. The first-order chi connectivity index (χ1) is 12.1. The van der Waals surface area contributed by atoms with E-state index in [9.17, 15) is 4.79 Å². The van der Waals surface area contributed by atoms with Crippen molar-refractivity contribution in [2.75, 3.05) is 17.2 Å². The monoisotopic (exact) mass is 433 g/mol. The molecule has 2 aromatic carbocycles. The van der Waals surface area contributed by atoms with Gasteiger partial charge < -0.3 is 4.90 Å². The van der Waals surface area contributed by atoms with Crippen LogP contribution in [-0.2, 0) is 0 Å². The van der Waals surface area contributed by atoms with Crippen LogP contribution in [0, 0.1) is 0 Å². The van der Waals surface area contributed by atoms with Gasteiger partial charge in [-0.05, 0) is 58.4 Å². The van der Waals surface area contributed by atoms with Crippen LogP contribution >= 0.6 is 39.3 Å². The van der Waals surface area contributed by atoms with E-state index in [1.54, 1.807) is 27.5 Å². The van der Waals surface area contributed by atoms with Gasteiger partial charge >= 0.3 is 0 Å². The van der Waals surface area contributed by atoms with Crippen LogP contribution in [0.1, 0.15) is 10.4 Å². The lowest BCUT2D eigenvalue weighted by molar-refractivity contribution is 0.0987. The molecule has 126 valence electrons. The van der Waals surface area contributed by atoms with Crippen LogP contribution < -0.4 is 4.90 Å². The Morgan fingerprint density at radius 1 is 1.20 bits per heavy atom. The van der Waals surface area contributed by atoms with Gasteiger partial charge in [-0.25, -0.2) is 4.68 Å². The molecule has 0 saturated carbocycles. The highest BCUT2D eigenvalue weighted by Crippen LogP contribution is 2.37. The Labute approximate surface area is 162 Å². The second-order valence-electron chi connectivity index (χ2n) is 5.57. The van der Waals surface area contributed by atoms with Crippen LogP contribution in [0.25, 0.3) is 5.69 Å². The van der Waals surface area contributed by atoms with Crippen molar-refractivity contribution >= 4 is 50.9 Å². The lowest BCUT2D eigenvalue weighted by Gasteiger charge is -2.29. The molecule has 1 aromatic heterocycles. The third-order valence-electron chi connectivity index (χ3n) is 3.96. The summed E-state index contributed by atoms with van der Waals surface area (Å²) in [5.74, 6) is 0.858. The molecular weight excluding hydrogens is 422 g/mol. The van der Waals surface area contributed by atoms with Crippen LogP contribution in [-0.4, -0.2) is 28.0 Å². The third-order valence-corrected chi connectivity index (χ3v) is 5.65. The Morgan fingerprint density at radius 3 is 2.72 bits per heavy atom. The van der Waals surface area contributed by atoms with Gasteiger partial charge in [0, 0.05) is 34.0 Å². The number of aromatic nitrogens is 2. The van der Waals surface area contributed by atoms with Gasteiger partial charge in [0.25, 0.3) is 5.91 Å². The summed E-state index contributed by atoms with van der Waals surface area (Å²) in [5.41, 5.74) is 2.43. The number of benzene rings is 2. The van der Waals surface area contributed by atoms with Crippen molar-refractivity contribution in [3.05, 3.63) is 69.9 Å². The summed E-state index contributed by atoms with van der Waals surface area (Å²) >= 11 is 11.3. The number of hydrogen-bond donors (Lipinski definition) is 0. The molecule has 1 aliphatic rings. The summed E-state index contributed by atoms with van der Waals surface area (Å²) in [4.78, 5) is 15.9. The van der Waals surface area contributed by atoms with Crippen molar-refractivity contribution in [1.82, 2.24) is 9.78 Å². The molecule has 0 saturated heterocycles. The standard InChI is InChI=1S/C18H13BrClN3OS/c19-13-10-21-23(11-13)15-4-1-12(2-5-15)18(24)22-7-8-25-17-6-3-14(20)9-16(17)22/h1-6,9-11H,7-8H2. The number of amides is 1. The molecule has 0 N–H and O–H groups in total. The van der Waals surface area contributed by atoms with Crippen molar-refractivity contribution in [3.8, 4) is 5.69 Å². The Morgan fingerprint density at radius 2 is 2.00 bits per heavy atom. The lowest BCUT2D eigenvalue weighted by atomic mass is 10.1. The zero-order valence-corrected chi connectivity index (χ0v) is 16.2. The minimum atomic E-state index is -0.0167. The molecule has 4 nitrogen and oxygen atoms in total. The van der Waals surface area contributed by atoms with E-state index < -0.39 is 0 Å². The number of halogens is 2. The average Bonchev–Trinajstić information content (AvgIpc) is 3.07. The third kappa shape index (κ3) is 3.34. The van der Waals surface area contributed by atoms with Gasteiger partial charge in [-0.15, -0.1) is 11.8 Å². The molecule has 3 aromatic rings. The van der Waals surface area contributed by atoms with Crippen LogP contribution in [0.2, 0.25) is 5.02 Å². The number of hydrogen-bond acceptors (Lipinski definition) is 3. The van der Waals surface area contributed by atoms with Gasteiger partial charge in [0.2, 0.25) is 0 Å². The van der Waals surface area contributed by atoms with Crippen molar-refractivity contribution in [3.63, 3.8) is 0 Å².